The van der Waals surface area contributed by atoms with Gasteiger partial charge in [0.25, 0.3) is 5.91 Å². The third-order valence-corrected chi connectivity index (χ3v) is 5.12. The number of amides is 1. The van der Waals surface area contributed by atoms with E-state index in [1.807, 2.05) is 6.26 Å². The molecule has 0 bridgehead atoms. The molecule has 1 aromatic heterocycles. The molecule has 4 N–H and O–H groups in total. The number of nitrogens with one attached hydrogen (secondary N) is 2. The van der Waals surface area contributed by atoms with E-state index in [9.17, 15) is 4.79 Å². The second-order valence-corrected chi connectivity index (χ2v) is 6.95. The van der Waals surface area contributed by atoms with Gasteiger partial charge in [0.05, 0.1) is 10.6 Å². The number of carbonyl (C=O) groups excluding carboxylic acids is 1. The van der Waals surface area contributed by atoms with Crippen LogP contribution >= 0.6 is 23.1 Å². The quantitative estimate of drug-likeness (QED) is 0.557. The lowest BCUT2D eigenvalue weighted by molar-refractivity contribution is 0.0956. The zero-order chi connectivity index (χ0) is 14.7. The van der Waals surface area contributed by atoms with Crippen molar-refractivity contribution in [1.82, 2.24) is 5.32 Å². The van der Waals surface area contributed by atoms with Crippen molar-refractivity contribution in [3.8, 4) is 0 Å². The first-order chi connectivity index (χ1) is 9.52. The summed E-state index contributed by atoms with van der Waals surface area (Å²) in [6, 6.07) is 0.351. The normalized spacial score (nSPS) is 13.9. The zero-order valence-electron chi connectivity index (χ0n) is 12.1. The summed E-state index contributed by atoms with van der Waals surface area (Å²) in [6.45, 7) is 4.88. The van der Waals surface area contributed by atoms with Crippen LogP contribution in [0.5, 0.6) is 0 Å². The van der Waals surface area contributed by atoms with Gasteiger partial charge in [-0.25, -0.2) is 0 Å². The highest BCUT2D eigenvalue weighted by Gasteiger charge is 2.27. The Morgan fingerprint density at radius 3 is 2.75 bits per heavy atom. The van der Waals surface area contributed by atoms with Gasteiger partial charge in [-0.3, -0.25) is 4.79 Å². The van der Waals surface area contributed by atoms with Gasteiger partial charge in [0.2, 0.25) is 0 Å². The molecule has 1 aliphatic rings. The van der Waals surface area contributed by atoms with Gasteiger partial charge in [-0.15, -0.1) is 23.1 Å². The van der Waals surface area contributed by atoms with Crippen LogP contribution in [-0.2, 0) is 0 Å². The number of hydrogen-bond acceptors (Lipinski definition) is 5. The molecule has 2 rings (SSSR count). The first-order valence-electron chi connectivity index (χ1n) is 6.67. The number of nitrogen functional groups attached to an aromatic ring is 1. The van der Waals surface area contributed by atoms with E-state index in [1.54, 1.807) is 11.8 Å². The summed E-state index contributed by atoms with van der Waals surface area (Å²) in [4.78, 5) is 13.7. The van der Waals surface area contributed by atoms with E-state index in [0.717, 1.165) is 29.3 Å². The van der Waals surface area contributed by atoms with Crippen molar-refractivity contribution in [3.63, 3.8) is 0 Å². The summed E-state index contributed by atoms with van der Waals surface area (Å²) in [5.74, 6) is -0.0411. The number of hydrogen-bond donors (Lipinski definition) is 3. The molecule has 6 heteroatoms. The number of anilines is 2. The monoisotopic (exact) mass is 311 g/mol. The molecule has 0 unspecified atom stereocenters. The zero-order valence-corrected chi connectivity index (χ0v) is 13.7. The van der Waals surface area contributed by atoms with E-state index < -0.39 is 0 Å². The van der Waals surface area contributed by atoms with Gasteiger partial charge in [-0.2, -0.15) is 0 Å². The summed E-state index contributed by atoms with van der Waals surface area (Å²) < 4.78 is 0. The summed E-state index contributed by atoms with van der Waals surface area (Å²) in [5, 5.41) is 7.31. The number of carbonyl (C=O) groups is 1. The molecule has 110 valence electrons. The van der Waals surface area contributed by atoms with E-state index >= 15 is 0 Å². The molecule has 0 aromatic carbocycles. The second kappa shape index (κ2) is 6.54. The predicted octanol–water partition coefficient (Wildman–Crippen LogP) is 3.32. The molecule has 0 aliphatic heterocycles. The van der Waals surface area contributed by atoms with Crippen LogP contribution in [0.3, 0.4) is 0 Å². The van der Waals surface area contributed by atoms with Crippen molar-refractivity contribution < 1.29 is 4.79 Å². The number of thiophene rings is 1. The van der Waals surface area contributed by atoms with Crippen LogP contribution in [0.4, 0.5) is 10.7 Å². The average Bonchev–Trinajstić information content (AvgIpc) is 3.13. The highest BCUT2D eigenvalue weighted by Crippen LogP contribution is 2.41. The Bertz CT molecular complexity index is 529. The van der Waals surface area contributed by atoms with Gasteiger partial charge in [0, 0.05) is 12.6 Å². The smallest absolute Gasteiger partial charge is 0.263 e. The minimum Gasteiger partial charge on any atom is -0.396 e. The fourth-order valence-electron chi connectivity index (χ4n) is 1.74. The second-order valence-electron chi connectivity index (χ2n) is 5.12. The Labute approximate surface area is 128 Å². The maximum Gasteiger partial charge on any atom is 0.263 e. The molecule has 0 spiro atoms. The van der Waals surface area contributed by atoms with E-state index in [1.165, 1.54) is 16.9 Å². The van der Waals surface area contributed by atoms with Crippen LogP contribution in [0.15, 0.2) is 16.5 Å². The van der Waals surface area contributed by atoms with Crippen LogP contribution in [0.25, 0.3) is 0 Å². The van der Waals surface area contributed by atoms with Crippen molar-refractivity contribution in [1.29, 1.82) is 0 Å². The van der Waals surface area contributed by atoms with E-state index in [4.69, 9.17) is 5.73 Å². The summed E-state index contributed by atoms with van der Waals surface area (Å²) >= 11 is 3.02. The molecule has 0 saturated heterocycles. The lowest BCUT2D eigenvalue weighted by Gasteiger charge is -2.03. The highest BCUT2D eigenvalue weighted by molar-refractivity contribution is 7.99. The third kappa shape index (κ3) is 3.70. The molecule has 20 heavy (non-hydrogen) atoms. The highest BCUT2D eigenvalue weighted by atomic mass is 32.2. The van der Waals surface area contributed by atoms with Crippen LogP contribution < -0.4 is 16.4 Å². The molecule has 1 aromatic rings. The summed E-state index contributed by atoms with van der Waals surface area (Å²) in [6.07, 6.45) is 6.26. The number of rotatable bonds is 6. The van der Waals surface area contributed by atoms with Gasteiger partial charge in [0.1, 0.15) is 9.88 Å². The molecular formula is C14H21N3OS2. The fraction of sp³-hybridized carbons (Fsp3) is 0.500. The Hall–Kier alpha value is -1.14. The molecule has 1 amide bonds. The molecule has 1 saturated carbocycles. The Morgan fingerprint density at radius 2 is 2.20 bits per heavy atom. The fourth-order valence-corrected chi connectivity index (χ4v) is 3.69. The minimum absolute atomic E-state index is 0.0411. The summed E-state index contributed by atoms with van der Waals surface area (Å²) in [7, 11) is 0. The molecule has 1 heterocycles. The number of thioether (sulfide) groups is 1. The van der Waals surface area contributed by atoms with Gasteiger partial charge in [-0.05, 0) is 32.9 Å². The van der Waals surface area contributed by atoms with E-state index in [2.05, 4.69) is 30.6 Å². The SMILES string of the molecule is CSc1c(NCC=C(C)C)sc(C(=O)NC2CC2)c1N. The van der Waals surface area contributed by atoms with E-state index in [-0.39, 0.29) is 5.91 Å². The Kier molecular flexibility index (Phi) is 4.99. The van der Waals surface area contributed by atoms with Gasteiger partial charge in [-0.1, -0.05) is 11.6 Å². The standard InChI is InChI=1S/C14H21N3OS2/c1-8(2)6-7-16-14-12(19-3)10(15)11(20-14)13(18)17-9-4-5-9/h6,9,16H,4-5,7,15H2,1-3H3,(H,17,18). The maximum atomic E-state index is 12.1. The average molecular weight is 311 g/mol. The molecule has 4 nitrogen and oxygen atoms in total. The van der Waals surface area contributed by atoms with Crippen molar-refractivity contribution >= 4 is 39.7 Å². The van der Waals surface area contributed by atoms with E-state index in [0.29, 0.717) is 16.6 Å². The van der Waals surface area contributed by atoms with Crippen LogP contribution in [0, 0.1) is 0 Å². The number of nitrogens with two attached hydrogens (primary N) is 1. The largest absolute Gasteiger partial charge is 0.396 e. The Morgan fingerprint density at radius 1 is 1.50 bits per heavy atom. The first kappa shape index (κ1) is 15.3. The van der Waals surface area contributed by atoms with Crippen molar-refractivity contribution in [2.75, 3.05) is 23.9 Å². The lowest BCUT2D eigenvalue weighted by Crippen LogP contribution is -2.25. The third-order valence-electron chi connectivity index (χ3n) is 3.00. The number of allylic oxidation sites excluding steroid dienone is 1. The topological polar surface area (TPSA) is 67.2 Å². The van der Waals surface area contributed by atoms with Crippen molar-refractivity contribution in [2.45, 2.75) is 37.6 Å². The van der Waals surface area contributed by atoms with Crippen LogP contribution in [0.1, 0.15) is 36.4 Å². The summed E-state index contributed by atoms with van der Waals surface area (Å²) in [5.41, 5.74) is 7.98. The molecule has 0 radical (unpaired) electrons. The minimum atomic E-state index is -0.0411. The van der Waals surface area contributed by atoms with Gasteiger partial charge >= 0.3 is 0 Å². The first-order valence-corrected chi connectivity index (χ1v) is 8.71. The van der Waals surface area contributed by atoms with Crippen molar-refractivity contribution in [2.24, 2.45) is 0 Å². The van der Waals surface area contributed by atoms with Gasteiger partial charge in [0.15, 0.2) is 0 Å². The maximum absolute atomic E-state index is 12.1. The van der Waals surface area contributed by atoms with Crippen LogP contribution in [-0.4, -0.2) is 24.7 Å². The molecular weight excluding hydrogens is 290 g/mol. The van der Waals surface area contributed by atoms with Crippen molar-refractivity contribution in [3.05, 3.63) is 16.5 Å². The Balaban J connectivity index is 2.14. The molecule has 0 atom stereocenters. The van der Waals surface area contributed by atoms with Crippen LogP contribution in [0.2, 0.25) is 0 Å². The lowest BCUT2D eigenvalue weighted by atomic mass is 10.3. The predicted molar refractivity (Wildman–Crippen MR) is 88.9 cm³/mol. The molecule has 1 fully saturated rings. The molecule has 1 aliphatic carbocycles. The van der Waals surface area contributed by atoms with Gasteiger partial charge < -0.3 is 16.4 Å².